The number of carboxylic acids is 4. The molecule has 14 heteroatoms. The quantitative estimate of drug-likeness (QED) is 0.111. The first-order valence-electron chi connectivity index (χ1n) is 13.7. The van der Waals surface area contributed by atoms with Crippen molar-refractivity contribution >= 4 is 90.6 Å². The molecule has 14 nitrogen and oxygen atoms in total. The van der Waals surface area contributed by atoms with Gasteiger partial charge in [-0.1, -0.05) is 24.3 Å². The number of imide groups is 2. The van der Waals surface area contributed by atoms with Crippen LogP contribution < -0.4 is 0 Å². The molecule has 0 unspecified atom stereocenters. The molecule has 0 saturated heterocycles. The van der Waals surface area contributed by atoms with Gasteiger partial charge in [0.1, 0.15) is 12.1 Å². The van der Waals surface area contributed by atoms with E-state index in [-0.39, 0.29) is 33.0 Å². The van der Waals surface area contributed by atoms with E-state index in [1.807, 2.05) is 0 Å². The van der Waals surface area contributed by atoms with Gasteiger partial charge in [0, 0.05) is 33.0 Å². The van der Waals surface area contributed by atoms with Crippen LogP contribution in [0.4, 0.5) is 0 Å². The van der Waals surface area contributed by atoms with Crippen LogP contribution in [0.1, 0.15) is 54.3 Å². The smallest absolute Gasteiger partial charge is 0.327 e. The Morgan fingerprint density at radius 2 is 0.717 bits per heavy atom. The molecule has 0 bridgehead atoms. The second-order valence-corrected chi connectivity index (χ2v) is 11.0. The highest BCUT2D eigenvalue weighted by molar-refractivity contribution is 6.41. The molecule has 5 aromatic rings. The fraction of sp³-hybridized carbons (Fsp3) is 0.125. The maximum atomic E-state index is 13.6. The maximum Gasteiger partial charge on any atom is 0.327 e. The summed E-state index contributed by atoms with van der Waals surface area (Å²) in [5.74, 6) is -10.2. The second-order valence-electron chi connectivity index (χ2n) is 11.0. The topological polar surface area (TPSA) is 224 Å². The standard InChI is InChI=1S/C32H18N2O12/c35-21(36)9-19(31(43)44)33-27(39)15-5-1-11-12-2-6-17-26-18(30(42)34(29(17)41)20(32(45)46)10-22(37)38)8-4-14(24(12)26)13-3-7-16(28(33)40)25(15)23(11)13/h1-8,19-20H,9-10H2,(H,35,36)(H,37,38)(H,43,44)(H,45,46)/t19-,20-/m0/s1. The van der Waals surface area contributed by atoms with E-state index in [9.17, 15) is 58.8 Å². The summed E-state index contributed by atoms with van der Waals surface area (Å²) < 4.78 is 0. The van der Waals surface area contributed by atoms with Crippen molar-refractivity contribution in [2.24, 2.45) is 0 Å². The summed E-state index contributed by atoms with van der Waals surface area (Å²) in [5, 5.41) is 41.4. The molecule has 7 rings (SSSR count). The molecule has 2 atom stereocenters. The largest absolute Gasteiger partial charge is 0.481 e. The number of nitrogens with zero attached hydrogens (tertiary/aromatic N) is 2. The lowest BCUT2D eigenvalue weighted by Gasteiger charge is -2.33. The number of rotatable bonds is 8. The van der Waals surface area contributed by atoms with Crippen molar-refractivity contribution in [1.82, 2.24) is 9.80 Å². The Labute approximate surface area is 254 Å². The first kappa shape index (κ1) is 28.3. The SMILES string of the molecule is O=C(O)C[C@@H](C(=O)O)N1C(=O)c2ccc3c4ccc5c6c(ccc(c7ccc(c2c37)C1=O)c64)C(=O)N([C@@H](CC(=O)O)C(=O)O)C5=O. The van der Waals surface area contributed by atoms with E-state index in [0.29, 0.717) is 42.1 Å². The average molecular weight is 622 g/mol. The van der Waals surface area contributed by atoms with E-state index in [1.165, 1.54) is 24.3 Å². The summed E-state index contributed by atoms with van der Waals surface area (Å²) in [5.41, 5.74) is -0.0554. The van der Waals surface area contributed by atoms with E-state index in [4.69, 9.17) is 0 Å². The number of carbonyl (C=O) groups excluding carboxylic acids is 4. The molecular formula is C32H18N2O12. The van der Waals surface area contributed by atoms with Crippen molar-refractivity contribution in [2.45, 2.75) is 24.9 Å². The van der Waals surface area contributed by atoms with Gasteiger partial charge < -0.3 is 20.4 Å². The lowest BCUT2D eigenvalue weighted by Crippen LogP contribution is -2.51. The summed E-state index contributed by atoms with van der Waals surface area (Å²) in [7, 11) is 0. The molecule has 228 valence electrons. The molecule has 0 fully saturated rings. The Morgan fingerprint density at radius 3 is 0.935 bits per heavy atom. The number of carbonyl (C=O) groups is 8. The molecule has 0 radical (unpaired) electrons. The third kappa shape index (κ3) is 3.63. The number of benzene rings is 5. The van der Waals surface area contributed by atoms with Crippen LogP contribution in [-0.4, -0.2) is 89.8 Å². The van der Waals surface area contributed by atoms with E-state index in [2.05, 4.69) is 0 Å². The number of amides is 4. The summed E-state index contributed by atoms with van der Waals surface area (Å²) in [6, 6.07) is 7.98. The zero-order valence-electron chi connectivity index (χ0n) is 23.1. The Kier molecular flexibility index (Phi) is 5.87. The van der Waals surface area contributed by atoms with Crippen LogP contribution in [-0.2, 0) is 19.2 Å². The fourth-order valence-corrected chi connectivity index (χ4v) is 6.78. The summed E-state index contributed by atoms with van der Waals surface area (Å²) in [6.45, 7) is 0. The van der Waals surface area contributed by atoms with Crippen LogP contribution >= 0.6 is 0 Å². The molecule has 4 N–H and O–H groups in total. The van der Waals surface area contributed by atoms with Gasteiger partial charge >= 0.3 is 23.9 Å². The Hall–Kier alpha value is -6.44. The molecule has 0 aliphatic carbocycles. The zero-order chi connectivity index (χ0) is 32.9. The highest BCUT2D eigenvalue weighted by Crippen LogP contribution is 2.46. The van der Waals surface area contributed by atoms with E-state index >= 15 is 0 Å². The summed E-state index contributed by atoms with van der Waals surface area (Å²) in [6.07, 6.45) is -2.00. The summed E-state index contributed by atoms with van der Waals surface area (Å²) in [4.78, 5) is 102. The van der Waals surface area contributed by atoms with Crippen molar-refractivity contribution in [1.29, 1.82) is 0 Å². The van der Waals surface area contributed by atoms with Crippen LogP contribution in [0.2, 0.25) is 0 Å². The molecule has 0 aromatic heterocycles. The fourth-order valence-electron chi connectivity index (χ4n) is 6.78. The predicted molar refractivity (Wildman–Crippen MR) is 156 cm³/mol. The molecule has 0 saturated carbocycles. The van der Waals surface area contributed by atoms with Crippen molar-refractivity contribution in [3.63, 3.8) is 0 Å². The van der Waals surface area contributed by atoms with Gasteiger partial charge in [-0.05, 0) is 56.6 Å². The second kappa shape index (κ2) is 9.53. The number of fused-ring (bicyclic) bond motifs is 2. The third-order valence-electron chi connectivity index (χ3n) is 8.63. The minimum absolute atomic E-state index is 0.0139. The van der Waals surface area contributed by atoms with Gasteiger partial charge in [0.2, 0.25) is 0 Å². The monoisotopic (exact) mass is 622 g/mol. The normalized spacial score (nSPS) is 15.7. The van der Waals surface area contributed by atoms with Gasteiger partial charge in [-0.25, -0.2) is 9.59 Å². The van der Waals surface area contributed by atoms with Gasteiger partial charge in [0.05, 0.1) is 12.8 Å². The van der Waals surface area contributed by atoms with E-state index in [0.717, 1.165) is 0 Å². The highest BCUT2D eigenvalue weighted by atomic mass is 16.4. The number of carboxylic acid groups (broad SMARTS) is 4. The summed E-state index contributed by atoms with van der Waals surface area (Å²) >= 11 is 0. The van der Waals surface area contributed by atoms with Crippen LogP contribution in [0.3, 0.4) is 0 Å². The lowest BCUT2D eigenvalue weighted by atomic mass is 9.82. The van der Waals surface area contributed by atoms with Crippen LogP contribution in [0.15, 0.2) is 48.5 Å². The Bertz CT molecular complexity index is 2060. The Morgan fingerprint density at radius 1 is 0.457 bits per heavy atom. The lowest BCUT2D eigenvalue weighted by molar-refractivity contribution is -0.148. The van der Waals surface area contributed by atoms with Crippen molar-refractivity contribution in [2.75, 3.05) is 0 Å². The molecule has 5 aromatic carbocycles. The molecule has 2 aliphatic heterocycles. The van der Waals surface area contributed by atoms with Crippen LogP contribution in [0, 0.1) is 0 Å². The van der Waals surface area contributed by atoms with Crippen LogP contribution in [0.5, 0.6) is 0 Å². The number of aliphatic carboxylic acids is 4. The molecular weight excluding hydrogens is 604 g/mol. The van der Waals surface area contributed by atoms with E-state index in [1.54, 1.807) is 24.3 Å². The van der Waals surface area contributed by atoms with Gasteiger partial charge in [-0.3, -0.25) is 38.6 Å². The Balaban J connectivity index is 1.49. The van der Waals surface area contributed by atoms with E-state index < -0.39 is 72.4 Å². The minimum atomic E-state index is -1.95. The first-order valence-corrected chi connectivity index (χ1v) is 13.7. The third-order valence-corrected chi connectivity index (χ3v) is 8.63. The number of hydrogen-bond acceptors (Lipinski definition) is 8. The van der Waals surface area contributed by atoms with Gasteiger partial charge in [-0.2, -0.15) is 0 Å². The predicted octanol–water partition coefficient (Wildman–Crippen LogP) is 2.79. The molecule has 2 aliphatic rings. The molecule has 46 heavy (non-hydrogen) atoms. The van der Waals surface area contributed by atoms with Gasteiger partial charge in [0.25, 0.3) is 23.6 Å². The van der Waals surface area contributed by atoms with Crippen molar-refractivity contribution < 1.29 is 58.8 Å². The van der Waals surface area contributed by atoms with Gasteiger partial charge in [-0.15, -0.1) is 0 Å². The van der Waals surface area contributed by atoms with Crippen molar-refractivity contribution in [3.05, 3.63) is 70.8 Å². The number of hydrogen-bond donors (Lipinski definition) is 4. The molecule has 4 amide bonds. The average Bonchev–Trinajstić information content (AvgIpc) is 3.00. The highest BCUT2D eigenvalue weighted by Gasteiger charge is 2.44. The van der Waals surface area contributed by atoms with Crippen LogP contribution in [0.25, 0.3) is 43.1 Å². The molecule has 2 heterocycles. The zero-order valence-corrected chi connectivity index (χ0v) is 23.1. The maximum absolute atomic E-state index is 13.6. The minimum Gasteiger partial charge on any atom is -0.481 e. The van der Waals surface area contributed by atoms with Crippen molar-refractivity contribution in [3.8, 4) is 0 Å². The van der Waals surface area contributed by atoms with Gasteiger partial charge in [0.15, 0.2) is 0 Å². The first-order chi connectivity index (χ1) is 21.8. The molecule has 0 spiro atoms.